The van der Waals surface area contributed by atoms with Gasteiger partial charge in [0.2, 0.25) is 0 Å². The molecule has 0 aromatic heterocycles. The first kappa shape index (κ1) is 13.1. The van der Waals surface area contributed by atoms with Crippen LogP contribution in [0.4, 0.5) is 0 Å². The van der Waals surface area contributed by atoms with Gasteiger partial charge >= 0.3 is 5.97 Å². The van der Waals surface area contributed by atoms with E-state index in [0.29, 0.717) is 25.6 Å². The number of esters is 1. The molecule has 98 valence electrons. The van der Waals surface area contributed by atoms with E-state index in [0.717, 1.165) is 22.8 Å². The highest BCUT2D eigenvalue weighted by Crippen LogP contribution is 2.33. The third kappa shape index (κ3) is 3.57. The summed E-state index contributed by atoms with van der Waals surface area (Å²) in [5, 5.41) is 0. The van der Waals surface area contributed by atoms with Crippen LogP contribution in [0.25, 0.3) is 0 Å². The van der Waals surface area contributed by atoms with Crippen molar-refractivity contribution in [3.63, 3.8) is 0 Å². The third-order valence-corrected chi connectivity index (χ3v) is 3.35. The van der Waals surface area contributed by atoms with Crippen molar-refractivity contribution in [2.45, 2.75) is 18.2 Å². The highest BCUT2D eigenvalue weighted by molar-refractivity contribution is 8.00. The van der Waals surface area contributed by atoms with Gasteiger partial charge in [-0.3, -0.25) is 4.79 Å². The lowest BCUT2D eigenvalue weighted by Gasteiger charge is -2.08. The monoisotopic (exact) mass is 268 g/mol. The number of benzene rings is 1. The zero-order valence-electron chi connectivity index (χ0n) is 10.3. The Morgan fingerprint density at radius 3 is 2.89 bits per heavy atom. The van der Waals surface area contributed by atoms with Crippen molar-refractivity contribution in [1.29, 1.82) is 0 Å². The van der Waals surface area contributed by atoms with Crippen LogP contribution < -0.4 is 9.47 Å². The first-order valence-corrected chi connectivity index (χ1v) is 6.96. The summed E-state index contributed by atoms with van der Waals surface area (Å²) in [5.74, 6) is 1.64. The van der Waals surface area contributed by atoms with Crippen LogP contribution in [-0.4, -0.2) is 31.5 Å². The first-order valence-electron chi connectivity index (χ1n) is 5.97. The molecule has 0 N–H and O–H groups in total. The number of hydrogen-bond acceptors (Lipinski definition) is 5. The second kappa shape index (κ2) is 6.54. The second-order valence-electron chi connectivity index (χ2n) is 3.75. The summed E-state index contributed by atoms with van der Waals surface area (Å²) in [6.07, 6.45) is 0.889. The predicted molar refractivity (Wildman–Crippen MR) is 69.4 cm³/mol. The van der Waals surface area contributed by atoms with Gasteiger partial charge in [-0.05, 0) is 25.1 Å². The minimum Gasteiger partial charge on any atom is -0.490 e. The van der Waals surface area contributed by atoms with Gasteiger partial charge in [0.1, 0.15) is 0 Å². The lowest BCUT2D eigenvalue weighted by atomic mass is 10.3. The minimum absolute atomic E-state index is 0.199. The number of ether oxygens (including phenoxy) is 3. The fraction of sp³-hybridized carbons (Fsp3) is 0.462. The van der Waals surface area contributed by atoms with Crippen LogP contribution in [0.1, 0.15) is 13.3 Å². The predicted octanol–water partition coefficient (Wildman–Crippen LogP) is 2.50. The molecule has 0 aliphatic carbocycles. The lowest BCUT2D eigenvalue weighted by Crippen LogP contribution is -2.06. The number of carbonyl (C=O) groups is 1. The summed E-state index contributed by atoms with van der Waals surface area (Å²) < 4.78 is 16.0. The molecule has 18 heavy (non-hydrogen) atoms. The Balaban J connectivity index is 1.97. The maximum atomic E-state index is 11.3. The summed E-state index contributed by atoms with van der Waals surface area (Å²) in [7, 11) is 0. The van der Waals surface area contributed by atoms with Gasteiger partial charge in [-0.1, -0.05) is 0 Å². The second-order valence-corrected chi connectivity index (χ2v) is 4.80. The SMILES string of the molecule is CCOC(=O)CSc1ccc2c(c1)OCCCO2. The molecule has 5 heteroatoms. The normalized spacial score (nSPS) is 13.8. The quantitative estimate of drug-likeness (QED) is 0.620. The number of carbonyl (C=O) groups excluding carboxylic acids is 1. The Hall–Kier alpha value is -1.36. The van der Waals surface area contributed by atoms with Gasteiger partial charge in [-0.2, -0.15) is 0 Å². The highest BCUT2D eigenvalue weighted by atomic mass is 32.2. The van der Waals surface area contributed by atoms with Crippen LogP contribution in [-0.2, 0) is 9.53 Å². The number of rotatable bonds is 4. The molecule has 1 aliphatic rings. The van der Waals surface area contributed by atoms with Crippen molar-refractivity contribution >= 4 is 17.7 Å². The van der Waals surface area contributed by atoms with Crippen molar-refractivity contribution in [2.24, 2.45) is 0 Å². The van der Waals surface area contributed by atoms with Crippen molar-refractivity contribution in [1.82, 2.24) is 0 Å². The summed E-state index contributed by atoms with van der Waals surface area (Å²) in [6, 6.07) is 5.72. The van der Waals surface area contributed by atoms with Gasteiger partial charge in [0, 0.05) is 11.3 Å². The van der Waals surface area contributed by atoms with Crippen molar-refractivity contribution in [2.75, 3.05) is 25.6 Å². The van der Waals surface area contributed by atoms with Crippen LogP contribution >= 0.6 is 11.8 Å². The lowest BCUT2D eigenvalue weighted by molar-refractivity contribution is -0.139. The molecule has 0 fully saturated rings. The molecular weight excluding hydrogens is 252 g/mol. The van der Waals surface area contributed by atoms with Gasteiger partial charge in [0.05, 0.1) is 25.6 Å². The van der Waals surface area contributed by atoms with E-state index in [1.165, 1.54) is 11.8 Å². The number of fused-ring (bicyclic) bond motifs is 1. The molecule has 1 heterocycles. The Labute approximate surface area is 111 Å². The van der Waals surface area contributed by atoms with Crippen LogP contribution in [0.3, 0.4) is 0 Å². The zero-order valence-corrected chi connectivity index (χ0v) is 11.1. The molecular formula is C13H16O4S. The van der Waals surface area contributed by atoms with E-state index in [1.807, 2.05) is 18.2 Å². The van der Waals surface area contributed by atoms with E-state index in [1.54, 1.807) is 6.92 Å². The third-order valence-electron chi connectivity index (χ3n) is 2.38. The van der Waals surface area contributed by atoms with E-state index in [2.05, 4.69) is 0 Å². The van der Waals surface area contributed by atoms with Crippen molar-refractivity contribution < 1.29 is 19.0 Å². The highest BCUT2D eigenvalue weighted by Gasteiger charge is 2.11. The summed E-state index contributed by atoms with van der Waals surface area (Å²) >= 11 is 1.44. The number of thioether (sulfide) groups is 1. The van der Waals surface area contributed by atoms with Gasteiger partial charge in [0.25, 0.3) is 0 Å². The molecule has 1 aliphatic heterocycles. The Kier molecular flexibility index (Phi) is 4.75. The van der Waals surface area contributed by atoms with Crippen LogP contribution in [0.2, 0.25) is 0 Å². The molecule has 1 aromatic rings. The Bertz CT molecular complexity index is 419. The van der Waals surface area contributed by atoms with Gasteiger partial charge in [0.15, 0.2) is 11.5 Å². The van der Waals surface area contributed by atoms with Crippen molar-refractivity contribution in [3.05, 3.63) is 18.2 Å². The van der Waals surface area contributed by atoms with E-state index in [4.69, 9.17) is 14.2 Å². The Morgan fingerprint density at radius 1 is 1.33 bits per heavy atom. The molecule has 0 unspecified atom stereocenters. The van der Waals surface area contributed by atoms with Gasteiger partial charge in [-0.25, -0.2) is 0 Å². The van der Waals surface area contributed by atoms with E-state index in [9.17, 15) is 4.79 Å². The van der Waals surface area contributed by atoms with Crippen molar-refractivity contribution in [3.8, 4) is 11.5 Å². The van der Waals surface area contributed by atoms with Gasteiger partial charge in [-0.15, -0.1) is 11.8 Å². The molecule has 0 radical (unpaired) electrons. The van der Waals surface area contributed by atoms with Crippen LogP contribution in [0.5, 0.6) is 11.5 Å². The molecule has 1 aromatic carbocycles. The van der Waals surface area contributed by atoms with E-state index < -0.39 is 0 Å². The number of hydrogen-bond donors (Lipinski definition) is 0. The minimum atomic E-state index is -0.199. The van der Waals surface area contributed by atoms with Crippen LogP contribution in [0, 0.1) is 0 Å². The topological polar surface area (TPSA) is 44.8 Å². The molecule has 0 spiro atoms. The smallest absolute Gasteiger partial charge is 0.316 e. The summed E-state index contributed by atoms with van der Waals surface area (Å²) in [4.78, 5) is 12.2. The Morgan fingerprint density at radius 2 is 2.11 bits per heavy atom. The van der Waals surface area contributed by atoms with Gasteiger partial charge < -0.3 is 14.2 Å². The molecule has 0 atom stereocenters. The molecule has 2 rings (SSSR count). The average Bonchev–Trinajstić information content (AvgIpc) is 2.61. The summed E-state index contributed by atoms with van der Waals surface area (Å²) in [6.45, 7) is 3.57. The fourth-order valence-electron chi connectivity index (χ4n) is 1.58. The standard InChI is InChI=1S/C13H16O4S/c1-2-15-13(14)9-18-10-4-5-11-12(8-10)17-7-3-6-16-11/h4-5,8H,2-3,6-7,9H2,1H3. The first-order chi connectivity index (χ1) is 8.79. The summed E-state index contributed by atoms with van der Waals surface area (Å²) in [5.41, 5.74) is 0. The molecule has 0 saturated heterocycles. The maximum Gasteiger partial charge on any atom is 0.316 e. The average molecular weight is 268 g/mol. The zero-order chi connectivity index (χ0) is 12.8. The molecule has 0 amide bonds. The molecule has 4 nitrogen and oxygen atoms in total. The van der Waals surface area contributed by atoms with Crippen LogP contribution in [0.15, 0.2) is 23.1 Å². The maximum absolute atomic E-state index is 11.3. The largest absolute Gasteiger partial charge is 0.490 e. The fourth-order valence-corrected chi connectivity index (χ4v) is 2.30. The van der Waals surface area contributed by atoms with E-state index >= 15 is 0 Å². The van der Waals surface area contributed by atoms with E-state index in [-0.39, 0.29) is 5.97 Å². The molecule has 0 bridgehead atoms. The molecule has 0 saturated carbocycles.